The number of ether oxygens (including phenoxy) is 1. The minimum absolute atomic E-state index is 0.0384. The van der Waals surface area contributed by atoms with E-state index in [1.165, 1.54) is 0 Å². The Kier molecular flexibility index (Phi) is 4.26. The molecule has 26 heavy (non-hydrogen) atoms. The Balaban J connectivity index is 1.35. The molecule has 0 atom stereocenters. The monoisotopic (exact) mass is 353 g/mol. The van der Waals surface area contributed by atoms with Crippen LogP contribution in [0.4, 0.5) is 4.79 Å². The molecule has 6 nitrogen and oxygen atoms in total. The molecule has 0 bridgehead atoms. The van der Waals surface area contributed by atoms with Gasteiger partial charge >= 0.3 is 6.09 Å². The van der Waals surface area contributed by atoms with Crippen molar-refractivity contribution in [3.8, 4) is 0 Å². The molecule has 0 radical (unpaired) electrons. The number of amides is 1. The van der Waals surface area contributed by atoms with Crippen LogP contribution in [-0.2, 0) is 24.8 Å². The Labute approximate surface area is 152 Å². The smallest absolute Gasteiger partial charge is 0.410 e. The number of fused-ring (bicyclic) bond motifs is 1. The molecule has 2 aromatic rings. The second kappa shape index (κ2) is 6.59. The number of Topliss-reactive ketones (excluding diaryl/α,β-unsaturated/α-hetero) is 1. The third-order valence-corrected chi connectivity index (χ3v) is 5.67. The maximum atomic E-state index is 12.5. The molecule has 6 heteroatoms. The minimum atomic E-state index is -0.270. The van der Waals surface area contributed by atoms with Crippen molar-refractivity contribution in [2.45, 2.75) is 32.3 Å². The summed E-state index contributed by atoms with van der Waals surface area (Å²) in [6, 6.07) is 9.69. The van der Waals surface area contributed by atoms with Crippen molar-refractivity contribution < 1.29 is 14.3 Å². The molecule has 1 aromatic carbocycles. The molecule has 0 unspecified atom stereocenters. The minimum Gasteiger partial charge on any atom is -0.445 e. The summed E-state index contributed by atoms with van der Waals surface area (Å²) < 4.78 is 7.11. The van der Waals surface area contributed by atoms with Gasteiger partial charge in [0.05, 0.1) is 6.20 Å². The van der Waals surface area contributed by atoms with Gasteiger partial charge < -0.3 is 9.64 Å². The predicted molar refractivity (Wildman–Crippen MR) is 95.7 cm³/mol. The normalized spacial score (nSPS) is 18.7. The van der Waals surface area contributed by atoms with Gasteiger partial charge in [0.25, 0.3) is 0 Å². The first kappa shape index (κ1) is 16.8. The number of hydrogen-bond donors (Lipinski definition) is 0. The Morgan fingerprint density at radius 1 is 1.19 bits per heavy atom. The summed E-state index contributed by atoms with van der Waals surface area (Å²) in [6.45, 7) is 1.56. The SMILES string of the molecule is Cn1ncc2c1C(=O)CC1(CCN(C(=O)OCc3ccccc3)CC1)C2. The zero-order valence-corrected chi connectivity index (χ0v) is 15.0. The van der Waals surface area contributed by atoms with Crippen LogP contribution < -0.4 is 0 Å². The van der Waals surface area contributed by atoms with E-state index in [0.29, 0.717) is 26.1 Å². The van der Waals surface area contributed by atoms with E-state index in [1.807, 2.05) is 43.6 Å². The molecule has 1 aliphatic heterocycles. The number of likely N-dealkylation sites (tertiary alicyclic amines) is 1. The highest BCUT2D eigenvalue weighted by Gasteiger charge is 2.43. The molecule has 1 fully saturated rings. The van der Waals surface area contributed by atoms with Crippen LogP contribution in [0.3, 0.4) is 0 Å². The molecule has 136 valence electrons. The summed E-state index contributed by atoms with van der Waals surface area (Å²) in [7, 11) is 1.82. The lowest BCUT2D eigenvalue weighted by Crippen LogP contribution is -2.46. The standard InChI is InChI=1S/C20H23N3O3/c1-22-18-16(13-21-22)11-20(12-17(18)24)7-9-23(10-8-20)19(25)26-14-15-5-3-2-4-6-15/h2-6,13H,7-12,14H2,1H3. The molecule has 4 rings (SSSR count). The highest BCUT2D eigenvalue weighted by molar-refractivity contribution is 5.97. The fourth-order valence-corrected chi connectivity index (χ4v) is 4.19. The van der Waals surface area contributed by atoms with Crippen molar-refractivity contribution in [1.29, 1.82) is 0 Å². The highest BCUT2D eigenvalue weighted by atomic mass is 16.6. The largest absolute Gasteiger partial charge is 0.445 e. The molecule has 1 amide bonds. The number of carbonyl (C=O) groups is 2. The van der Waals surface area contributed by atoms with E-state index in [2.05, 4.69) is 5.10 Å². The molecule has 0 N–H and O–H groups in total. The predicted octanol–water partition coefficient (Wildman–Crippen LogP) is 2.97. The van der Waals surface area contributed by atoms with Crippen LogP contribution in [0.15, 0.2) is 36.5 Å². The highest BCUT2D eigenvalue weighted by Crippen LogP contribution is 2.43. The van der Waals surface area contributed by atoms with Gasteiger partial charge in [0.1, 0.15) is 12.3 Å². The van der Waals surface area contributed by atoms with Crippen LogP contribution in [0, 0.1) is 5.41 Å². The van der Waals surface area contributed by atoms with Crippen LogP contribution in [-0.4, -0.2) is 39.6 Å². The van der Waals surface area contributed by atoms with E-state index in [1.54, 1.807) is 9.58 Å². The Morgan fingerprint density at radius 3 is 2.65 bits per heavy atom. The maximum absolute atomic E-state index is 12.5. The molecule has 1 aliphatic carbocycles. The van der Waals surface area contributed by atoms with Crippen LogP contribution in [0.1, 0.15) is 40.9 Å². The van der Waals surface area contributed by atoms with Crippen LogP contribution in [0.2, 0.25) is 0 Å². The van der Waals surface area contributed by atoms with E-state index in [4.69, 9.17) is 4.74 Å². The second-order valence-electron chi connectivity index (χ2n) is 7.45. The average Bonchev–Trinajstić information content (AvgIpc) is 3.02. The first-order valence-electron chi connectivity index (χ1n) is 9.06. The lowest BCUT2D eigenvalue weighted by molar-refractivity contribution is 0.0518. The van der Waals surface area contributed by atoms with E-state index < -0.39 is 0 Å². The Morgan fingerprint density at radius 2 is 1.92 bits per heavy atom. The van der Waals surface area contributed by atoms with Crippen molar-refractivity contribution in [2.75, 3.05) is 13.1 Å². The molecular weight excluding hydrogens is 330 g/mol. The quantitative estimate of drug-likeness (QED) is 0.833. The summed E-state index contributed by atoms with van der Waals surface area (Å²) in [5.41, 5.74) is 2.74. The molecule has 1 saturated heterocycles. The zero-order chi connectivity index (χ0) is 18.1. The molecule has 1 spiro atoms. The summed E-state index contributed by atoms with van der Waals surface area (Å²) in [5, 5.41) is 4.23. The van der Waals surface area contributed by atoms with Crippen LogP contribution in [0.25, 0.3) is 0 Å². The number of aryl methyl sites for hydroxylation is 1. The van der Waals surface area contributed by atoms with Gasteiger partial charge in [0.15, 0.2) is 5.78 Å². The third-order valence-electron chi connectivity index (χ3n) is 5.67. The van der Waals surface area contributed by atoms with Gasteiger partial charge in [-0.05, 0) is 30.2 Å². The van der Waals surface area contributed by atoms with Crippen molar-refractivity contribution in [3.05, 3.63) is 53.3 Å². The maximum Gasteiger partial charge on any atom is 0.410 e. The average molecular weight is 353 g/mol. The first-order valence-corrected chi connectivity index (χ1v) is 9.06. The molecular formula is C20H23N3O3. The van der Waals surface area contributed by atoms with Gasteiger partial charge in [-0.25, -0.2) is 4.79 Å². The van der Waals surface area contributed by atoms with E-state index in [9.17, 15) is 9.59 Å². The summed E-state index contributed by atoms with van der Waals surface area (Å²) in [4.78, 5) is 26.6. The number of rotatable bonds is 2. The van der Waals surface area contributed by atoms with Gasteiger partial charge in [-0.15, -0.1) is 0 Å². The molecule has 2 heterocycles. The number of aromatic nitrogens is 2. The van der Waals surface area contributed by atoms with Gasteiger partial charge in [-0.1, -0.05) is 30.3 Å². The molecule has 1 aromatic heterocycles. The van der Waals surface area contributed by atoms with Gasteiger partial charge in [0, 0.05) is 32.1 Å². The number of hydrogen-bond acceptors (Lipinski definition) is 4. The topological polar surface area (TPSA) is 64.4 Å². The summed E-state index contributed by atoms with van der Waals surface area (Å²) in [5.74, 6) is 0.173. The molecule has 2 aliphatic rings. The summed E-state index contributed by atoms with van der Waals surface area (Å²) in [6.07, 6.45) is 4.62. The number of piperidine rings is 1. The fourth-order valence-electron chi connectivity index (χ4n) is 4.19. The van der Waals surface area contributed by atoms with E-state index >= 15 is 0 Å². The van der Waals surface area contributed by atoms with Gasteiger partial charge in [0.2, 0.25) is 0 Å². The van der Waals surface area contributed by atoms with Gasteiger partial charge in [-0.2, -0.15) is 5.10 Å². The lowest BCUT2D eigenvalue weighted by Gasteiger charge is -2.43. The fraction of sp³-hybridized carbons (Fsp3) is 0.450. The second-order valence-corrected chi connectivity index (χ2v) is 7.45. The van der Waals surface area contributed by atoms with Crippen molar-refractivity contribution in [3.63, 3.8) is 0 Å². The zero-order valence-electron chi connectivity index (χ0n) is 15.0. The Bertz CT molecular complexity index is 820. The number of carbonyl (C=O) groups excluding carboxylic acids is 2. The van der Waals surface area contributed by atoms with E-state index in [0.717, 1.165) is 36.1 Å². The Hall–Kier alpha value is -2.63. The molecule has 0 saturated carbocycles. The van der Waals surface area contributed by atoms with Crippen molar-refractivity contribution in [1.82, 2.24) is 14.7 Å². The van der Waals surface area contributed by atoms with E-state index in [-0.39, 0.29) is 17.3 Å². The number of nitrogens with zero attached hydrogens (tertiary/aromatic N) is 3. The van der Waals surface area contributed by atoms with Gasteiger partial charge in [-0.3, -0.25) is 9.48 Å². The lowest BCUT2D eigenvalue weighted by atomic mass is 9.67. The number of benzene rings is 1. The van der Waals surface area contributed by atoms with Crippen molar-refractivity contribution in [2.24, 2.45) is 12.5 Å². The van der Waals surface area contributed by atoms with Crippen molar-refractivity contribution >= 4 is 11.9 Å². The van der Waals surface area contributed by atoms with Crippen LogP contribution in [0.5, 0.6) is 0 Å². The summed E-state index contributed by atoms with van der Waals surface area (Å²) >= 11 is 0. The first-order chi connectivity index (χ1) is 12.6. The third kappa shape index (κ3) is 3.11. The van der Waals surface area contributed by atoms with Crippen LogP contribution >= 0.6 is 0 Å². The number of ketones is 1.